The number of aliphatic hydroxyl groups excluding tert-OH is 1. The van der Waals surface area contributed by atoms with Gasteiger partial charge in [-0.25, -0.2) is 0 Å². The third-order valence-electron chi connectivity index (χ3n) is 3.34. The van der Waals surface area contributed by atoms with Crippen molar-refractivity contribution in [1.82, 2.24) is 0 Å². The van der Waals surface area contributed by atoms with Crippen molar-refractivity contribution in [3.05, 3.63) is 47.1 Å². The molecule has 1 aromatic carbocycles. The fourth-order valence-electron chi connectivity index (χ4n) is 2.23. The monoisotopic (exact) mass is 330 g/mol. The fraction of sp³-hybridized carbons (Fsp3) is 0.118. The van der Waals surface area contributed by atoms with Crippen molar-refractivity contribution in [1.29, 1.82) is 0 Å². The Morgan fingerprint density at radius 2 is 1.75 bits per heavy atom. The number of aliphatic hydroxyl groups is 1. The Hall–Kier alpha value is -3.35. The molecular weight excluding hydrogens is 316 g/mol. The molecule has 1 aromatic rings. The lowest BCUT2D eigenvalue weighted by Gasteiger charge is -2.19. The van der Waals surface area contributed by atoms with Crippen LogP contribution in [-0.4, -0.2) is 39.8 Å². The van der Waals surface area contributed by atoms with Crippen LogP contribution in [0.25, 0.3) is 5.76 Å². The number of rotatable bonds is 4. The number of fused-ring (bicyclic) bond motifs is 1. The highest BCUT2D eigenvalue weighted by molar-refractivity contribution is 6.53. The van der Waals surface area contributed by atoms with E-state index in [9.17, 15) is 29.7 Å². The van der Waals surface area contributed by atoms with Gasteiger partial charge in [0.15, 0.2) is 17.3 Å². The zero-order valence-corrected chi connectivity index (χ0v) is 12.9. The number of hydrogen-bond donors (Lipinski definition) is 3. The first-order valence-electron chi connectivity index (χ1n) is 6.80. The Balaban J connectivity index is 2.65. The number of allylic oxidation sites excluding steroid dienone is 5. The molecule has 1 aliphatic rings. The molecule has 7 nitrogen and oxygen atoms in total. The largest absolute Gasteiger partial charge is 0.507 e. The van der Waals surface area contributed by atoms with Crippen molar-refractivity contribution in [3.8, 4) is 17.2 Å². The van der Waals surface area contributed by atoms with E-state index in [0.717, 1.165) is 12.1 Å². The molecule has 0 bridgehead atoms. The van der Waals surface area contributed by atoms with E-state index in [-0.39, 0.29) is 22.7 Å². The zero-order valence-electron chi connectivity index (χ0n) is 12.9. The second kappa shape index (κ2) is 6.41. The van der Waals surface area contributed by atoms with Crippen molar-refractivity contribution in [3.63, 3.8) is 0 Å². The van der Waals surface area contributed by atoms with Crippen LogP contribution in [0, 0.1) is 0 Å². The Bertz CT molecular complexity index is 841. The first kappa shape index (κ1) is 17.0. The molecule has 0 radical (unpaired) electrons. The molecule has 0 heterocycles. The van der Waals surface area contributed by atoms with Crippen LogP contribution in [-0.2, 0) is 9.59 Å². The minimum Gasteiger partial charge on any atom is -0.507 e. The molecule has 7 heteroatoms. The number of carbonyl (C=O) groups is 3. The van der Waals surface area contributed by atoms with Gasteiger partial charge in [0.1, 0.15) is 11.5 Å². The molecule has 0 fully saturated rings. The average Bonchev–Trinajstić information content (AvgIpc) is 2.53. The van der Waals surface area contributed by atoms with Gasteiger partial charge in [-0.3, -0.25) is 14.4 Å². The summed E-state index contributed by atoms with van der Waals surface area (Å²) in [5.41, 5.74) is -1.24. The van der Waals surface area contributed by atoms with Crippen molar-refractivity contribution < 1.29 is 34.4 Å². The SMILES string of the molecule is COc1cc(O)c2c(c1O)C(=O)C(=O)C(C=CC=CC(C)=O)=C2O. The molecule has 0 amide bonds. The van der Waals surface area contributed by atoms with Crippen molar-refractivity contribution >= 4 is 23.1 Å². The van der Waals surface area contributed by atoms with Crippen LogP contribution in [0.3, 0.4) is 0 Å². The topological polar surface area (TPSA) is 121 Å². The van der Waals surface area contributed by atoms with Gasteiger partial charge in [-0.2, -0.15) is 0 Å². The molecule has 3 N–H and O–H groups in total. The van der Waals surface area contributed by atoms with Crippen molar-refractivity contribution in [2.45, 2.75) is 6.92 Å². The van der Waals surface area contributed by atoms with Gasteiger partial charge in [0.2, 0.25) is 11.6 Å². The Morgan fingerprint density at radius 1 is 1.08 bits per heavy atom. The number of aromatic hydroxyl groups is 2. The molecule has 0 unspecified atom stereocenters. The highest BCUT2D eigenvalue weighted by Crippen LogP contribution is 2.44. The highest BCUT2D eigenvalue weighted by Gasteiger charge is 2.37. The van der Waals surface area contributed by atoms with Crippen LogP contribution in [0.5, 0.6) is 17.2 Å². The highest BCUT2D eigenvalue weighted by atomic mass is 16.5. The number of carbonyl (C=O) groups excluding carboxylic acids is 3. The average molecular weight is 330 g/mol. The van der Waals surface area contributed by atoms with E-state index in [1.807, 2.05) is 0 Å². The molecule has 0 saturated carbocycles. The van der Waals surface area contributed by atoms with Gasteiger partial charge < -0.3 is 20.1 Å². The van der Waals surface area contributed by atoms with Crippen molar-refractivity contribution in [2.24, 2.45) is 0 Å². The van der Waals surface area contributed by atoms with Gasteiger partial charge >= 0.3 is 0 Å². The van der Waals surface area contributed by atoms with Crippen LogP contribution < -0.4 is 4.74 Å². The molecule has 0 aliphatic heterocycles. The minimum absolute atomic E-state index is 0.205. The van der Waals surface area contributed by atoms with E-state index in [0.29, 0.717) is 0 Å². The lowest BCUT2D eigenvalue weighted by atomic mass is 9.86. The summed E-state index contributed by atoms with van der Waals surface area (Å²) in [6.45, 7) is 1.33. The van der Waals surface area contributed by atoms with E-state index in [4.69, 9.17) is 4.74 Å². The molecule has 24 heavy (non-hydrogen) atoms. The lowest BCUT2D eigenvalue weighted by Crippen LogP contribution is -2.23. The molecular formula is C17H14O7. The second-order valence-corrected chi connectivity index (χ2v) is 4.95. The summed E-state index contributed by atoms with van der Waals surface area (Å²) in [5, 5.41) is 30.3. The summed E-state index contributed by atoms with van der Waals surface area (Å²) >= 11 is 0. The van der Waals surface area contributed by atoms with Crippen LogP contribution in [0.1, 0.15) is 22.8 Å². The van der Waals surface area contributed by atoms with Crippen LogP contribution in [0.15, 0.2) is 35.9 Å². The molecule has 0 spiro atoms. The number of phenolic OH excluding ortho intramolecular Hbond substituents is 2. The third-order valence-corrected chi connectivity index (χ3v) is 3.34. The smallest absolute Gasteiger partial charge is 0.238 e. The van der Waals surface area contributed by atoms with Gasteiger partial charge in [0, 0.05) is 6.07 Å². The minimum atomic E-state index is -1.09. The molecule has 2 rings (SSSR count). The predicted molar refractivity (Wildman–Crippen MR) is 84.2 cm³/mol. The third kappa shape index (κ3) is 2.79. The summed E-state index contributed by atoms with van der Waals surface area (Å²) in [6.07, 6.45) is 4.99. The Morgan fingerprint density at radius 3 is 2.33 bits per heavy atom. The molecule has 1 aliphatic carbocycles. The fourth-order valence-corrected chi connectivity index (χ4v) is 2.23. The summed E-state index contributed by atoms with van der Waals surface area (Å²) in [4.78, 5) is 35.2. The predicted octanol–water partition coefficient (Wildman–Crippen LogP) is 1.84. The summed E-state index contributed by atoms with van der Waals surface area (Å²) in [6, 6.07) is 1.02. The molecule has 0 saturated heterocycles. The number of ketones is 3. The molecule has 0 aromatic heterocycles. The number of methoxy groups -OCH3 is 1. The Kier molecular flexibility index (Phi) is 4.54. The number of phenols is 2. The lowest BCUT2D eigenvalue weighted by molar-refractivity contribution is -0.113. The Labute approximate surface area is 136 Å². The van der Waals surface area contributed by atoms with Gasteiger partial charge in [0.25, 0.3) is 0 Å². The number of hydrogen-bond acceptors (Lipinski definition) is 7. The maximum atomic E-state index is 12.2. The summed E-state index contributed by atoms with van der Waals surface area (Å²) in [5.74, 6) is -4.40. The van der Waals surface area contributed by atoms with E-state index in [1.54, 1.807) is 0 Å². The number of ether oxygens (including phenoxy) is 1. The van der Waals surface area contributed by atoms with E-state index < -0.39 is 34.4 Å². The zero-order chi connectivity index (χ0) is 18.0. The molecule has 124 valence electrons. The van der Waals surface area contributed by atoms with E-state index in [2.05, 4.69) is 0 Å². The summed E-state index contributed by atoms with van der Waals surface area (Å²) < 4.78 is 4.81. The first-order chi connectivity index (χ1) is 11.3. The van der Waals surface area contributed by atoms with Crippen molar-refractivity contribution in [2.75, 3.05) is 7.11 Å². The van der Waals surface area contributed by atoms with Crippen LogP contribution >= 0.6 is 0 Å². The number of Topliss-reactive ketones (excluding diaryl/α,β-unsaturated/α-hetero) is 2. The summed E-state index contributed by atoms with van der Waals surface area (Å²) in [7, 11) is 1.21. The number of benzene rings is 1. The second-order valence-electron chi connectivity index (χ2n) is 4.95. The standard InChI is InChI=1S/C17H14O7/c1-8(18)5-3-4-6-9-14(20)12-10(19)7-11(24-2)16(22)13(12)17(23)15(9)21/h3-7,19-20,22H,1-2H3. The van der Waals surface area contributed by atoms with Gasteiger partial charge in [-0.1, -0.05) is 12.2 Å². The normalized spacial score (nSPS) is 14.6. The van der Waals surface area contributed by atoms with E-state index in [1.165, 1.54) is 32.3 Å². The van der Waals surface area contributed by atoms with Gasteiger partial charge in [-0.05, 0) is 19.1 Å². The van der Waals surface area contributed by atoms with Gasteiger partial charge in [0.05, 0.1) is 23.8 Å². The van der Waals surface area contributed by atoms with Crippen LogP contribution in [0.2, 0.25) is 0 Å². The van der Waals surface area contributed by atoms with E-state index >= 15 is 0 Å². The molecule has 0 atom stereocenters. The first-order valence-corrected chi connectivity index (χ1v) is 6.80. The quantitative estimate of drug-likeness (QED) is 0.333. The maximum Gasteiger partial charge on any atom is 0.238 e. The maximum absolute atomic E-state index is 12.2. The van der Waals surface area contributed by atoms with Crippen LogP contribution in [0.4, 0.5) is 0 Å². The van der Waals surface area contributed by atoms with Gasteiger partial charge in [-0.15, -0.1) is 0 Å².